The summed E-state index contributed by atoms with van der Waals surface area (Å²) >= 11 is 3.28. The van der Waals surface area contributed by atoms with Crippen molar-refractivity contribution >= 4 is 27.8 Å². The maximum Gasteiger partial charge on any atom is 0.390 e. The fraction of sp³-hybridized carbons (Fsp3) is 0.429. The second-order valence-electron chi connectivity index (χ2n) is 4.56. The summed E-state index contributed by atoms with van der Waals surface area (Å²) < 4.78 is 36.9. The van der Waals surface area contributed by atoms with Crippen molar-refractivity contribution in [2.45, 2.75) is 12.6 Å². The topological polar surface area (TPSA) is 65.5 Å². The van der Waals surface area contributed by atoms with Gasteiger partial charge in [0.15, 0.2) is 5.96 Å². The van der Waals surface area contributed by atoms with Crippen LogP contribution in [0.25, 0.3) is 0 Å². The van der Waals surface area contributed by atoms with Crippen LogP contribution in [0.2, 0.25) is 0 Å². The van der Waals surface area contributed by atoms with Crippen LogP contribution in [-0.2, 0) is 0 Å². The van der Waals surface area contributed by atoms with E-state index in [4.69, 9.17) is 0 Å². The maximum atomic E-state index is 12.0. The van der Waals surface area contributed by atoms with E-state index in [1.807, 2.05) is 6.07 Å². The number of hydrogen-bond acceptors (Lipinski definition) is 2. The zero-order chi connectivity index (χ0) is 17.3. The molecule has 0 saturated heterocycles. The van der Waals surface area contributed by atoms with E-state index in [-0.39, 0.29) is 18.4 Å². The first-order chi connectivity index (χ1) is 10.8. The molecule has 1 aromatic rings. The first-order valence-electron chi connectivity index (χ1n) is 6.87. The molecule has 0 unspecified atom stereocenters. The summed E-state index contributed by atoms with van der Waals surface area (Å²) in [5, 5.41) is 8.08. The van der Waals surface area contributed by atoms with Gasteiger partial charge in [0.1, 0.15) is 0 Å². The smallest absolute Gasteiger partial charge is 0.356 e. The van der Waals surface area contributed by atoms with Crippen LogP contribution in [0.15, 0.2) is 33.7 Å². The van der Waals surface area contributed by atoms with Crippen molar-refractivity contribution in [3.63, 3.8) is 0 Å². The lowest BCUT2D eigenvalue weighted by Crippen LogP contribution is -2.42. The van der Waals surface area contributed by atoms with Gasteiger partial charge in [0, 0.05) is 36.7 Å². The van der Waals surface area contributed by atoms with E-state index >= 15 is 0 Å². The number of carbonyl (C=O) groups excluding carboxylic acids is 1. The van der Waals surface area contributed by atoms with Gasteiger partial charge in [0.05, 0.1) is 6.42 Å². The quantitative estimate of drug-likeness (QED) is 0.394. The average Bonchev–Trinajstić information content (AvgIpc) is 2.48. The molecular weight excluding hydrogens is 377 g/mol. The van der Waals surface area contributed by atoms with E-state index in [1.54, 1.807) is 18.2 Å². The third-order valence-corrected chi connectivity index (χ3v) is 3.21. The van der Waals surface area contributed by atoms with E-state index in [2.05, 4.69) is 36.9 Å². The van der Waals surface area contributed by atoms with Crippen LogP contribution in [0, 0.1) is 0 Å². The zero-order valence-corrected chi connectivity index (χ0v) is 14.1. The Morgan fingerprint density at radius 1 is 1.17 bits per heavy atom. The van der Waals surface area contributed by atoms with Crippen molar-refractivity contribution in [3.05, 3.63) is 34.3 Å². The maximum absolute atomic E-state index is 12.0. The number of alkyl halides is 3. The first kappa shape index (κ1) is 19.3. The van der Waals surface area contributed by atoms with Crippen LogP contribution in [0.1, 0.15) is 16.8 Å². The van der Waals surface area contributed by atoms with E-state index in [9.17, 15) is 18.0 Å². The van der Waals surface area contributed by atoms with Gasteiger partial charge in [-0.15, -0.1) is 0 Å². The predicted molar refractivity (Wildman–Crippen MR) is 86.5 cm³/mol. The van der Waals surface area contributed by atoms with E-state index in [1.165, 1.54) is 7.05 Å². The molecular formula is C14H18BrF3N4O. The highest BCUT2D eigenvalue weighted by molar-refractivity contribution is 9.10. The van der Waals surface area contributed by atoms with Crippen molar-refractivity contribution in [1.29, 1.82) is 0 Å². The van der Waals surface area contributed by atoms with Gasteiger partial charge in [-0.05, 0) is 18.2 Å². The molecule has 9 heteroatoms. The summed E-state index contributed by atoms with van der Waals surface area (Å²) in [5.74, 6) is 0.0269. The Morgan fingerprint density at radius 3 is 2.43 bits per heavy atom. The van der Waals surface area contributed by atoms with Crippen LogP contribution in [0.3, 0.4) is 0 Å². The molecule has 23 heavy (non-hydrogen) atoms. The number of guanidine groups is 1. The van der Waals surface area contributed by atoms with Crippen molar-refractivity contribution in [3.8, 4) is 0 Å². The van der Waals surface area contributed by atoms with Crippen LogP contribution in [0.5, 0.6) is 0 Å². The molecule has 0 heterocycles. The standard InChI is InChI=1S/C14H18BrF3N4O/c1-19-13(21-6-5-14(16,17)18)22-8-7-20-12(23)10-3-2-4-11(15)9-10/h2-4,9H,5-8H2,1H3,(H,20,23)(H2,19,21,22). The van der Waals surface area contributed by atoms with Crippen molar-refractivity contribution in [2.75, 3.05) is 26.7 Å². The Kier molecular flexibility index (Phi) is 7.87. The van der Waals surface area contributed by atoms with Crippen molar-refractivity contribution in [1.82, 2.24) is 16.0 Å². The largest absolute Gasteiger partial charge is 0.390 e. The molecule has 0 aromatic heterocycles. The van der Waals surface area contributed by atoms with Crippen LogP contribution in [-0.4, -0.2) is 44.7 Å². The molecule has 0 radical (unpaired) electrons. The molecule has 1 amide bonds. The lowest BCUT2D eigenvalue weighted by atomic mass is 10.2. The van der Waals surface area contributed by atoms with Gasteiger partial charge in [-0.2, -0.15) is 13.2 Å². The third-order valence-electron chi connectivity index (χ3n) is 2.71. The van der Waals surface area contributed by atoms with E-state index in [0.29, 0.717) is 18.7 Å². The van der Waals surface area contributed by atoms with E-state index < -0.39 is 12.6 Å². The summed E-state index contributed by atoms with van der Waals surface area (Å²) in [6, 6.07) is 6.95. The number of benzene rings is 1. The summed E-state index contributed by atoms with van der Waals surface area (Å²) in [6.07, 6.45) is -5.14. The first-order valence-corrected chi connectivity index (χ1v) is 7.66. The summed E-state index contributed by atoms with van der Waals surface area (Å²) in [6.45, 7) is 0.393. The predicted octanol–water partition coefficient (Wildman–Crippen LogP) is 2.30. The molecule has 0 bridgehead atoms. The fourth-order valence-electron chi connectivity index (χ4n) is 1.63. The van der Waals surface area contributed by atoms with E-state index in [0.717, 1.165) is 4.47 Å². The number of nitrogens with one attached hydrogen (secondary N) is 3. The third kappa shape index (κ3) is 8.44. The molecule has 0 fully saturated rings. The summed E-state index contributed by atoms with van der Waals surface area (Å²) in [5.41, 5.74) is 0.520. The van der Waals surface area contributed by atoms with Crippen molar-refractivity contribution in [2.24, 2.45) is 4.99 Å². The molecule has 128 valence electrons. The molecule has 0 saturated carbocycles. The Hall–Kier alpha value is -1.77. The molecule has 1 rings (SSSR count). The van der Waals surface area contributed by atoms with Gasteiger partial charge in [-0.3, -0.25) is 9.79 Å². The lowest BCUT2D eigenvalue weighted by molar-refractivity contribution is -0.132. The minimum absolute atomic E-state index is 0.229. The number of nitrogens with zero attached hydrogens (tertiary/aromatic N) is 1. The molecule has 0 atom stereocenters. The Morgan fingerprint density at radius 2 is 1.83 bits per heavy atom. The summed E-state index contributed by atoms with van der Waals surface area (Å²) in [4.78, 5) is 15.7. The Labute approximate surface area is 140 Å². The Balaban J connectivity index is 2.26. The van der Waals surface area contributed by atoms with Gasteiger partial charge in [-0.25, -0.2) is 0 Å². The minimum atomic E-state index is -4.20. The van der Waals surface area contributed by atoms with Crippen molar-refractivity contribution < 1.29 is 18.0 Å². The molecule has 0 aliphatic heterocycles. The molecule has 5 nitrogen and oxygen atoms in total. The number of carbonyl (C=O) groups is 1. The second-order valence-corrected chi connectivity index (χ2v) is 5.47. The number of rotatable bonds is 6. The minimum Gasteiger partial charge on any atom is -0.356 e. The van der Waals surface area contributed by atoms with Gasteiger partial charge in [0.25, 0.3) is 5.91 Å². The highest BCUT2D eigenvalue weighted by Crippen LogP contribution is 2.18. The normalized spacial score (nSPS) is 12.0. The van der Waals surface area contributed by atoms with Gasteiger partial charge < -0.3 is 16.0 Å². The average molecular weight is 395 g/mol. The number of amides is 1. The molecule has 0 aliphatic rings. The molecule has 0 aliphatic carbocycles. The highest BCUT2D eigenvalue weighted by Gasteiger charge is 2.26. The van der Waals surface area contributed by atoms with Crippen LogP contribution in [0.4, 0.5) is 13.2 Å². The summed E-state index contributed by atoms with van der Waals surface area (Å²) in [7, 11) is 1.46. The SMILES string of the molecule is CN=C(NCCNC(=O)c1cccc(Br)c1)NCCC(F)(F)F. The van der Waals surface area contributed by atoms with Crippen LogP contribution >= 0.6 is 15.9 Å². The zero-order valence-electron chi connectivity index (χ0n) is 12.5. The van der Waals surface area contributed by atoms with Gasteiger partial charge in [0.2, 0.25) is 0 Å². The second kappa shape index (κ2) is 9.39. The fourth-order valence-corrected chi connectivity index (χ4v) is 2.03. The van der Waals surface area contributed by atoms with Gasteiger partial charge in [-0.1, -0.05) is 22.0 Å². The van der Waals surface area contributed by atoms with Gasteiger partial charge >= 0.3 is 6.18 Å². The molecule has 3 N–H and O–H groups in total. The van der Waals surface area contributed by atoms with Crippen LogP contribution < -0.4 is 16.0 Å². The highest BCUT2D eigenvalue weighted by atomic mass is 79.9. The lowest BCUT2D eigenvalue weighted by Gasteiger charge is -2.13. The number of aliphatic imine (C=N–C) groups is 1. The number of halogens is 4. The number of hydrogen-bond donors (Lipinski definition) is 3. The monoisotopic (exact) mass is 394 g/mol. The molecule has 0 spiro atoms. The Bertz CT molecular complexity index is 549. The molecule has 1 aromatic carbocycles.